The van der Waals surface area contributed by atoms with E-state index in [1.165, 1.54) is 5.39 Å². The molecule has 5 heteroatoms. The summed E-state index contributed by atoms with van der Waals surface area (Å²) in [6.07, 6.45) is 0.525. The van der Waals surface area contributed by atoms with E-state index < -0.39 is 11.5 Å². The Labute approximate surface area is 129 Å². The SMILES string of the molecule is O=[SH](=O)C(I)(I)Cc1ccc2ccccc2c1. The van der Waals surface area contributed by atoms with Gasteiger partial charge in [0.2, 0.25) is 0 Å². The summed E-state index contributed by atoms with van der Waals surface area (Å²) >= 11 is 3.97. The van der Waals surface area contributed by atoms with Crippen LogP contribution in [0.25, 0.3) is 10.8 Å². The number of rotatable bonds is 3. The van der Waals surface area contributed by atoms with Gasteiger partial charge in [0.1, 0.15) is 0 Å². The third-order valence-corrected chi connectivity index (χ3v) is 6.32. The average Bonchev–Trinajstić information content (AvgIpc) is 2.28. The van der Waals surface area contributed by atoms with Crippen molar-refractivity contribution >= 4 is 66.7 Å². The summed E-state index contributed by atoms with van der Waals surface area (Å²) in [5.74, 6) is 0. The molecule has 0 bridgehead atoms. The van der Waals surface area contributed by atoms with Crippen LogP contribution in [0.5, 0.6) is 0 Å². The van der Waals surface area contributed by atoms with E-state index in [1.54, 1.807) is 0 Å². The minimum atomic E-state index is -2.44. The molecular weight excluding hydrogens is 462 g/mol. The van der Waals surface area contributed by atoms with Crippen LogP contribution in [-0.4, -0.2) is 9.18 Å². The molecule has 2 aromatic carbocycles. The standard InChI is InChI=1S/C12H10I2O2S/c13-12(14,17(15)16)8-9-5-6-10-3-1-2-4-11(10)7-9/h1-7,17H,8H2. The number of hydrogen-bond acceptors (Lipinski definition) is 2. The Balaban J connectivity index is 2.37. The molecule has 2 nitrogen and oxygen atoms in total. The van der Waals surface area contributed by atoms with Gasteiger partial charge in [0.25, 0.3) is 0 Å². The summed E-state index contributed by atoms with van der Waals surface area (Å²) in [4.78, 5) is 0. The van der Waals surface area contributed by atoms with Crippen molar-refractivity contribution in [3.8, 4) is 0 Å². The average molecular weight is 472 g/mol. The summed E-state index contributed by atoms with van der Waals surface area (Å²) in [6, 6.07) is 14.2. The Bertz CT molecular complexity index is 613. The van der Waals surface area contributed by atoms with E-state index in [9.17, 15) is 8.42 Å². The molecule has 0 amide bonds. The van der Waals surface area contributed by atoms with Crippen molar-refractivity contribution in [1.82, 2.24) is 0 Å². The zero-order chi connectivity index (χ0) is 12.5. The first-order valence-corrected chi connectivity index (χ1v) is 8.32. The lowest BCUT2D eigenvalue weighted by molar-refractivity contribution is 0.611. The van der Waals surface area contributed by atoms with Gasteiger partial charge in [-0.1, -0.05) is 42.5 Å². The van der Waals surface area contributed by atoms with Crippen molar-refractivity contribution < 1.29 is 8.42 Å². The van der Waals surface area contributed by atoms with Crippen LogP contribution in [0.2, 0.25) is 0 Å². The molecule has 90 valence electrons. The van der Waals surface area contributed by atoms with Crippen LogP contribution in [0.15, 0.2) is 42.5 Å². The number of thiol groups is 1. The van der Waals surface area contributed by atoms with Crippen molar-refractivity contribution in [3.05, 3.63) is 48.0 Å². The molecule has 0 radical (unpaired) electrons. The molecule has 0 aliphatic rings. The number of benzene rings is 2. The molecule has 0 N–H and O–H groups in total. The molecule has 0 saturated carbocycles. The van der Waals surface area contributed by atoms with Crippen LogP contribution in [-0.2, 0) is 17.1 Å². The largest absolute Gasteiger partial charge is 0.230 e. The summed E-state index contributed by atoms with van der Waals surface area (Å²) < 4.78 is 21.5. The monoisotopic (exact) mass is 472 g/mol. The van der Waals surface area contributed by atoms with Crippen LogP contribution in [0.4, 0.5) is 0 Å². The Morgan fingerprint density at radius 2 is 1.65 bits per heavy atom. The van der Waals surface area contributed by atoms with Gasteiger partial charge in [-0.05, 0) is 61.5 Å². The molecule has 0 atom stereocenters. The molecule has 0 heterocycles. The van der Waals surface area contributed by atoms with Gasteiger partial charge in [-0.15, -0.1) is 0 Å². The number of hydrogen-bond donors (Lipinski definition) is 1. The Hall–Kier alpha value is 0.110. The lowest BCUT2D eigenvalue weighted by atomic mass is 10.1. The second kappa shape index (κ2) is 5.40. The van der Waals surface area contributed by atoms with Crippen LogP contribution >= 0.6 is 45.2 Å². The van der Waals surface area contributed by atoms with E-state index in [-0.39, 0.29) is 0 Å². The molecule has 0 fully saturated rings. The van der Waals surface area contributed by atoms with Crippen LogP contribution in [0.3, 0.4) is 0 Å². The minimum absolute atomic E-state index is 0.525. The second-order valence-electron chi connectivity index (χ2n) is 3.78. The molecule has 2 aromatic rings. The Morgan fingerprint density at radius 3 is 2.29 bits per heavy atom. The molecule has 0 aliphatic heterocycles. The minimum Gasteiger partial charge on any atom is -0.230 e. The van der Waals surface area contributed by atoms with E-state index >= 15 is 0 Å². The first-order chi connectivity index (χ1) is 7.99. The number of alkyl halides is 2. The maximum atomic E-state index is 11.1. The Kier molecular flexibility index (Phi) is 4.30. The van der Waals surface area contributed by atoms with E-state index in [4.69, 9.17) is 0 Å². The van der Waals surface area contributed by atoms with E-state index in [0.717, 1.165) is 10.9 Å². The molecule has 0 unspecified atom stereocenters. The van der Waals surface area contributed by atoms with Crippen molar-refractivity contribution in [2.75, 3.05) is 0 Å². The highest BCUT2D eigenvalue weighted by molar-refractivity contribution is 14.2. The molecule has 0 aromatic heterocycles. The van der Waals surface area contributed by atoms with Gasteiger partial charge in [0.15, 0.2) is 11.5 Å². The number of fused-ring (bicyclic) bond motifs is 1. The summed E-state index contributed by atoms with van der Waals surface area (Å²) in [5, 5.41) is 2.32. The van der Waals surface area contributed by atoms with Gasteiger partial charge in [0.05, 0.1) is 0 Å². The fourth-order valence-electron chi connectivity index (χ4n) is 1.66. The van der Waals surface area contributed by atoms with E-state index in [2.05, 4.69) is 12.1 Å². The van der Waals surface area contributed by atoms with Crippen molar-refractivity contribution in [2.45, 2.75) is 7.18 Å². The van der Waals surface area contributed by atoms with Gasteiger partial charge in [-0.3, -0.25) is 0 Å². The fourth-order valence-corrected chi connectivity index (χ4v) is 2.85. The van der Waals surface area contributed by atoms with Crippen LogP contribution in [0, 0.1) is 0 Å². The molecule has 2 rings (SSSR count). The fraction of sp³-hybridized carbons (Fsp3) is 0.167. The third-order valence-electron chi connectivity index (χ3n) is 2.50. The Morgan fingerprint density at radius 1 is 1.00 bits per heavy atom. The zero-order valence-corrected chi connectivity index (χ0v) is 14.0. The smallest absolute Gasteiger partial charge is 0.175 e. The maximum absolute atomic E-state index is 11.1. The normalized spacial score (nSPS) is 12.2. The maximum Gasteiger partial charge on any atom is 0.175 e. The molecule has 17 heavy (non-hydrogen) atoms. The van der Waals surface area contributed by atoms with Crippen LogP contribution in [0.1, 0.15) is 5.56 Å². The van der Waals surface area contributed by atoms with Crippen LogP contribution < -0.4 is 0 Å². The summed E-state index contributed by atoms with van der Waals surface area (Å²) in [6.45, 7) is 0. The van der Waals surface area contributed by atoms with Crippen molar-refractivity contribution in [2.24, 2.45) is 0 Å². The summed E-state index contributed by atoms with van der Waals surface area (Å²) in [5.41, 5.74) is 1.05. The van der Waals surface area contributed by atoms with Gasteiger partial charge >= 0.3 is 0 Å². The predicted molar refractivity (Wildman–Crippen MR) is 88.7 cm³/mol. The highest BCUT2D eigenvalue weighted by atomic mass is 127. The third kappa shape index (κ3) is 3.31. The van der Waals surface area contributed by atoms with E-state index in [0.29, 0.717) is 6.42 Å². The second-order valence-corrected chi connectivity index (χ2v) is 12.5. The lowest BCUT2D eigenvalue weighted by Crippen LogP contribution is -2.16. The van der Waals surface area contributed by atoms with Crippen molar-refractivity contribution in [1.29, 1.82) is 0 Å². The predicted octanol–water partition coefficient (Wildman–Crippen LogP) is 3.52. The van der Waals surface area contributed by atoms with Gasteiger partial charge in [-0.2, -0.15) is 0 Å². The topological polar surface area (TPSA) is 34.1 Å². The molecular formula is C12H10I2O2S. The highest BCUT2D eigenvalue weighted by Gasteiger charge is 2.26. The zero-order valence-electron chi connectivity index (χ0n) is 8.77. The van der Waals surface area contributed by atoms with Crippen molar-refractivity contribution in [3.63, 3.8) is 0 Å². The van der Waals surface area contributed by atoms with Gasteiger partial charge in [-0.25, -0.2) is 8.42 Å². The first-order valence-electron chi connectivity index (χ1n) is 4.99. The lowest BCUT2D eigenvalue weighted by Gasteiger charge is -2.13. The molecule has 0 spiro atoms. The number of halogens is 2. The van der Waals surface area contributed by atoms with E-state index in [1.807, 2.05) is 75.5 Å². The summed E-state index contributed by atoms with van der Waals surface area (Å²) in [7, 11) is -2.44. The molecule has 0 saturated heterocycles. The first kappa shape index (κ1) is 13.5. The van der Waals surface area contributed by atoms with Gasteiger partial charge < -0.3 is 0 Å². The molecule has 0 aliphatic carbocycles. The van der Waals surface area contributed by atoms with Gasteiger partial charge in [0, 0.05) is 6.42 Å². The highest BCUT2D eigenvalue weighted by Crippen LogP contribution is 2.33. The quantitative estimate of drug-likeness (QED) is 0.422.